The van der Waals surface area contributed by atoms with Crippen molar-refractivity contribution in [1.29, 1.82) is 0 Å². The highest BCUT2D eigenvalue weighted by Gasteiger charge is 2.40. The number of hydrogen-bond donors (Lipinski definition) is 2. The molecule has 0 amide bonds. The molecule has 1 aliphatic heterocycles. The van der Waals surface area contributed by atoms with E-state index in [4.69, 9.17) is 12.2 Å². The topological polar surface area (TPSA) is 53.3 Å². The smallest absolute Gasteiger partial charge is 0.170 e. The normalized spacial score (nSPS) is 19.1. The van der Waals surface area contributed by atoms with E-state index in [0.717, 1.165) is 17.1 Å². The van der Waals surface area contributed by atoms with Crippen LogP contribution in [0.2, 0.25) is 0 Å². The van der Waals surface area contributed by atoms with Gasteiger partial charge in [-0.25, -0.2) is 0 Å². The summed E-state index contributed by atoms with van der Waals surface area (Å²) < 4.78 is 2.22. The van der Waals surface area contributed by atoms with Gasteiger partial charge >= 0.3 is 0 Å². The van der Waals surface area contributed by atoms with E-state index in [0.29, 0.717) is 18.1 Å². The summed E-state index contributed by atoms with van der Waals surface area (Å²) in [5.74, 6) is 0. The molecule has 1 aromatic carbocycles. The first-order valence-corrected chi connectivity index (χ1v) is 9.93. The van der Waals surface area contributed by atoms with Crippen LogP contribution in [-0.2, 0) is 0 Å². The number of rotatable bonds is 6. The van der Waals surface area contributed by atoms with Crippen molar-refractivity contribution in [2.45, 2.75) is 25.4 Å². The largest absolute Gasteiger partial charge is 0.396 e. The third-order valence-corrected chi connectivity index (χ3v) is 5.47. The fourth-order valence-corrected chi connectivity index (χ4v) is 4.19. The molecule has 0 unspecified atom stereocenters. The molecule has 2 atom stereocenters. The molecule has 144 valence electrons. The Morgan fingerprint density at radius 2 is 2.04 bits per heavy atom. The lowest BCUT2D eigenvalue weighted by molar-refractivity contribution is 0.245. The molecular formula is C22H24N4OS. The van der Waals surface area contributed by atoms with Gasteiger partial charge in [-0.3, -0.25) is 4.98 Å². The van der Waals surface area contributed by atoms with Crippen molar-refractivity contribution in [3.05, 3.63) is 83.9 Å². The molecule has 0 bridgehead atoms. The average Bonchev–Trinajstić information content (AvgIpc) is 3.31. The summed E-state index contributed by atoms with van der Waals surface area (Å²) in [6.07, 6.45) is 4.57. The number of aromatic nitrogens is 2. The number of nitrogens with one attached hydrogen (secondary N) is 1. The van der Waals surface area contributed by atoms with Gasteiger partial charge in [0, 0.05) is 36.9 Å². The highest BCUT2D eigenvalue weighted by atomic mass is 32.1. The first-order chi connectivity index (χ1) is 13.7. The molecule has 5 nitrogen and oxygen atoms in total. The lowest BCUT2D eigenvalue weighted by Gasteiger charge is -2.28. The molecule has 0 radical (unpaired) electrons. The van der Waals surface area contributed by atoms with E-state index in [-0.39, 0.29) is 18.7 Å². The van der Waals surface area contributed by atoms with Gasteiger partial charge in [0.05, 0.1) is 17.8 Å². The summed E-state index contributed by atoms with van der Waals surface area (Å²) in [5, 5.41) is 13.5. The van der Waals surface area contributed by atoms with Crippen LogP contribution in [0.25, 0.3) is 5.69 Å². The third-order valence-electron chi connectivity index (χ3n) is 5.12. The highest BCUT2D eigenvalue weighted by Crippen LogP contribution is 2.39. The molecule has 3 heterocycles. The SMILES string of the molecule is Cc1cccc(-n2cccc2[C@@H]2[C@@H](c3ccccn3)NC(=S)N2CCCO)c1. The maximum atomic E-state index is 9.37. The number of pyridine rings is 1. The van der Waals surface area contributed by atoms with Gasteiger partial charge in [-0.2, -0.15) is 0 Å². The van der Waals surface area contributed by atoms with E-state index >= 15 is 0 Å². The molecule has 2 N–H and O–H groups in total. The minimum absolute atomic E-state index is 0.00976. The molecule has 6 heteroatoms. The molecule has 28 heavy (non-hydrogen) atoms. The predicted molar refractivity (Wildman–Crippen MR) is 114 cm³/mol. The van der Waals surface area contributed by atoms with Gasteiger partial charge in [-0.05, 0) is 67.5 Å². The van der Waals surface area contributed by atoms with Gasteiger partial charge in [0.25, 0.3) is 0 Å². The molecule has 0 aliphatic carbocycles. The van der Waals surface area contributed by atoms with Crippen molar-refractivity contribution in [3.63, 3.8) is 0 Å². The van der Waals surface area contributed by atoms with Crippen LogP contribution in [0, 0.1) is 6.92 Å². The van der Waals surface area contributed by atoms with Crippen molar-refractivity contribution in [2.75, 3.05) is 13.2 Å². The molecule has 0 spiro atoms. The molecule has 3 aromatic rings. The highest BCUT2D eigenvalue weighted by molar-refractivity contribution is 7.80. The minimum Gasteiger partial charge on any atom is -0.396 e. The summed E-state index contributed by atoms with van der Waals surface area (Å²) >= 11 is 5.66. The van der Waals surface area contributed by atoms with Crippen molar-refractivity contribution >= 4 is 17.3 Å². The van der Waals surface area contributed by atoms with Crippen LogP contribution < -0.4 is 5.32 Å². The van der Waals surface area contributed by atoms with Crippen LogP contribution in [0.5, 0.6) is 0 Å². The van der Waals surface area contributed by atoms with E-state index in [1.807, 2.05) is 24.4 Å². The zero-order chi connectivity index (χ0) is 19.5. The summed E-state index contributed by atoms with van der Waals surface area (Å²) in [6, 6.07) is 18.6. The maximum absolute atomic E-state index is 9.37. The number of hydrogen-bond acceptors (Lipinski definition) is 3. The summed E-state index contributed by atoms with van der Waals surface area (Å²) in [7, 11) is 0. The summed E-state index contributed by atoms with van der Waals surface area (Å²) in [5.41, 5.74) is 4.44. The minimum atomic E-state index is -0.0501. The summed E-state index contributed by atoms with van der Waals surface area (Å²) in [4.78, 5) is 6.75. The van der Waals surface area contributed by atoms with E-state index in [9.17, 15) is 5.11 Å². The van der Waals surface area contributed by atoms with Crippen LogP contribution in [0.3, 0.4) is 0 Å². The number of benzene rings is 1. The molecule has 0 saturated carbocycles. The fraction of sp³-hybridized carbons (Fsp3) is 0.273. The van der Waals surface area contributed by atoms with Gasteiger partial charge in [0.2, 0.25) is 0 Å². The Balaban J connectivity index is 1.79. The second-order valence-electron chi connectivity index (χ2n) is 7.04. The number of nitrogens with zero attached hydrogens (tertiary/aromatic N) is 3. The predicted octanol–water partition coefficient (Wildman–Crippen LogP) is 3.54. The zero-order valence-electron chi connectivity index (χ0n) is 15.8. The van der Waals surface area contributed by atoms with Crippen LogP contribution in [-0.4, -0.2) is 37.8 Å². The van der Waals surface area contributed by atoms with Crippen molar-refractivity contribution in [1.82, 2.24) is 19.8 Å². The Labute approximate surface area is 170 Å². The summed E-state index contributed by atoms with van der Waals surface area (Å²) in [6.45, 7) is 2.93. The lowest BCUT2D eigenvalue weighted by atomic mass is 10.0. The monoisotopic (exact) mass is 392 g/mol. The van der Waals surface area contributed by atoms with Gasteiger partial charge in [0.1, 0.15) is 0 Å². The number of aryl methyl sites for hydroxylation is 1. The second-order valence-corrected chi connectivity index (χ2v) is 7.43. The Hall–Kier alpha value is -2.70. The van der Waals surface area contributed by atoms with Crippen molar-refractivity contribution in [2.24, 2.45) is 0 Å². The Morgan fingerprint density at radius 1 is 1.14 bits per heavy atom. The maximum Gasteiger partial charge on any atom is 0.170 e. The first-order valence-electron chi connectivity index (χ1n) is 9.52. The van der Waals surface area contributed by atoms with E-state index < -0.39 is 0 Å². The van der Waals surface area contributed by atoms with Gasteiger partial charge in [-0.1, -0.05) is 18.2 Å². The first kappa shape index (κ1) is 18.7. The van der Waals surface area contributed by atoms with Gasteiger partial charge in [-0.15, -0.1) is 0 Å². The second kappa shape index (κ2) is 8.12. The zero-order valence-corrected chi connectivity index (χ0v) is 16.6. The lowest BCUT2D eigenvalue weighted by Crippen LogP contribution is -2.31. The number of thiocarbonyl (C=S) groups is 1. The van der Waals surface area contributed by atoms with E-state index in [1.54, 1.807) is 0 Å². The number of aliphatic hydroxyl groups is 1. The Kier molecular flexibility index (Phi) is 5.41. The van der Waals surface area contributed by atoms with Gasteiger partial charge in [0.15, 0.2) is 5.11 Å². The molecule has 2 aromatic heterocycles. The van der Waals surface area contributed by atoms with Crippen LogP contribution >= 0.6 is 12.2 Å². The average molecular weight is 393 g/mol. The Morgan fingerprint density at radius 3 is 2.79 bits per heavy atom. The van der Waals surface area contributed by atoms with E-state index in [2.05, 4.69) is 69.3 Å². The molecule has 1 fully saturated rings. The molecule has 1 saturated heterocycles. The number of aliphatic hydroxyl groups excluding tert-OH is 1. The molecular weight excluding hydrogens is 368 g/mol. The Bertz CT molecular complexity index is 956. The molecule has 4 rings (SSSR count). The molecule has 1 aliphatic rings. The van der Waals surface area contributed by atoms with Crippen LogP contribution in [0.4, 0.5) is 0 Å². The van der Waals surface area contributed by atoms with Crippen molar-refractivity contribution < 1.29 is 5.11 Å². The van der Waals surface area contributed by atoms with E-state index in [1.165, 1.54) is 5.56 Å². The quantitative estimate of drug-likeness (QED) is 0.629. The fourth-order valence-electron chi connectivity index (χ4n) is 3.86. The van der Waals surface area contributed by atoms with Crippen LogP contribution in [0.1, 0.15) is 35.5 Å². The standard InChI is InChI=1S/C22H24N4OS/c1-16-7-4-8-17(15-16)25-12-5-10-19(25)21-20(18-9-2-3-11-23-18)24-22(28)26(21)13-6-14-27/h2-5,7-12,15,20-21,27H,6,13-14H2,1H3,(H,24,28)/t20-,21-/m1/s1. The third kappa shape index (κ3) is 3.53. The van der Waals surface area contributed by atoms with Crippen molar-refractivity contribution in [3.8, 4) is 5.69 Å². The van der Waals surface area contributed by atoms with Gasteiger partial charge < -0.3 is 19.9 Å². The van der Waals surface area contributed by atoms with Crippen LogP contribution in [0.15, 0.2) is 67.0 Å².